The Morgan fingerprint density at radius 1 is 1.21 bits per heavy atom. The molecule has 1 rings (SSSR count). The van der Waals surface area contributed by atoms with E-state index in [1.54, 1.807) is 0 Å². The summed E-state index contributed by atoms with van der Waals surface area (Å²) in [4.78, 5) is 22.0. The van der Waals surface area contributed by atoms with E-state index in [2.05, 4.69) is 5.32 Å². The van der Waals surface area contributed by atoms with Crippen LogP contribution in [0.1, 0.15) is 44.9 Å². The molecule has 0 aliphatic carbocycles. The number of carbonyl (C=O) groups is 2. The molecule has 0 aromatic carbocycles. The van der Waals surface area contributed by atoms with E-state index in [0.29, 0.717) is 12.8 Å². The highest BCUT2D eigenvalue weighted by molar-refractivity contribution is 5.83. The van der Waals surface area contributed by atoms with Crippen LogP contribution in [0.5, 0.6) is 0 Å². The van der Waals surface area contributed by atoms with Gasteiger partial charge in [-0.3, -0.25) is 4.79 Å². The van der Waals surface area contributed by atoms with Gasteiger partial charge in [0.05, 0.1) is 0 Å². The number of hydrogen-bond acceptors (Lipinski definition) is 2. The van der Waals surface area contributed by atoms with Crippen LogP contribution < -0.4 is 5.32 Å². The second-order valence-corrected chi connectivity index (χ2v) is 3.76. The first-order valence-corrected chi connectivity index (χ1v) is 5.22. The molecule has 0 radical (unpaired) electrons. The minimum absolute atomic E-state index is 0.126. The predicted octanol–water partition coefficient (Wildman–Crippen LogP) is 1.30. The number of carbonyl (C=O) groups excluding carboxylic acids is 1. The lowest BCUT2D eigenvalue weighted by Gasteiger charge is -2.15. The summed E-state index contributed by atoms with van der Waals surface area (Å²) in [5.74, 6) is -1.04. The smallest absolute Gasteiger partial charge is 0.326 e. The van der Waals surface area contributed by atoms with Crippen LogP contribution in [0.4, 0.5) is 0 Å². The first kappa shape index (κ1) is 11.0. The number of hydrogen-bond donors (Lipinski definition) is 2. The van der Waals surface area contributed by atoms with Gasteiger partial charge in [-0.25, -0.2) is 4.79 Å². The standard InChI is InChI=1S/C10H17NO3/c12-9-7-5-3-1-2-4-6-8(11-9)10(13)14/h8H,1-7H2,(H,11,12)(H,13,14). The highest BCUT2D eigenvalue weighted by Crippen LogP contribution is 2.11. The van der Waals surface area contributed by atoms with E-state index in [-0.39, 0.29) is 5.91 Å². The zero-order valence-electron chi connectivity index (χ0n) is 8.29. The van der Waals surface area contributed by atoms with Crippen molar-refractivity contribution in [2.45, 2.75) is 51.0 Å². The first-order valence-electron chi connectivity index (χ1n) is 5.22. The van der Waals surface area contributed by atoms with Gasteiger partial charge in [0.2, 0.25) is 5.91 Å². The molecule has 1 fully saturated rings. The van der Waals surface area contributed by atoms with Gasteiger partial charge >= 0.3 is 5.97 Å². The zero-order valence-corrected chi connectivity index (χ0v) is 8.29. The van der Waals surface area contributed by atoms with Crippen molar-refractivity contribution in [2.24, 2.45) is 0 Å². The van der Waals surface area contributed by atoms with Gasteiger partial charge in [0, 0.05) is 6.42 Å². The minimum atomic E-state index is -0.918. The van der Waals surface area contributed by atoms with Crippen LogP contribution in [0.25, 0.3) is 0 Å². The monoisotopic (exact) mass is 199 g/mol. The molecule has 0 aromatic rings. The van der Waals surface area contributed by atoms with Gasteiger partial charge in [0.15, 0.2) is 0 Å². The molecule has 14 heavy (non-hydrogen) atoms. The molecule has 1 aliphatic rings. The van der Waals surface area contributed by atoms with Gasteiger partial charge in [-0.05, 0) is 12.8 Å². The largest absolute Gasteiger partial charge is 0.480 e. The van der Waals surface area contributed by atoms with Crippen molar-refractivity contribution in [1.82, 2.24) is 5.32 Å². The lowest BCUT2D eigenvalue weighted by molar-refractivity contribution is -0.142. The van der Waals surface area contributed by atoms with Gasteiger partial charge in [-0.15, -0.1) is 0 Å². The highest BCUT2D eigenvalue weighted by Gasteiger charge is 2.19. The molecule has 1 atom stereocenters. The van der Waals surface area contributed by atoms with Crippen molar-refractivity contribution in [2.75, 3.05) is 0 Å². The fourth-order valence-corrected chi connectivity index (χ4v) is 1.69. The maximum atomic E-state index is 11.2. The molecule has 0 spiro atoms. The Bertz CT molecular complexity index is 215. The molecular weight excluding hydrogens is 182 g/mol. The lowest BCUT2D eigenvalue weighted by Crippen LogP contribution is -2.40. The quantitative estimate of drug-likeness (QED) is 0.669. The third-order valence-corrected chi connectivity index (χ3v) is 2.53. The third kappa shape index (κ3) is 3.77. The summed E-state index contributed by atoms with van der Waals surface area (Å²) in [5, 5.41) is 11.4. The molecule has 1 heterocycles. The van der Waals surface area contributed by atoms with E-state index in [0.717, 1.165) is 32.1 Å². The zero-order chi connectivity index (χ0) is 10.4. The molecule has 80 valence electrons. The highest BCUT2D eigenvalue weighted by atomic mass is 16.4. The van der Waals surface area contributed by atoms with Crippen molar-refractivity contribution < 1.29 is 14.7 Å². The van der Waals surface area contributed by atoms with Crippen molar-refractivity contribution in [3.63, 3.8) is 0 Å². The topological polar surface area (TPSA) is 66.4 Å². The van der Waals surface area contributed by atoms with Crippen LogP contribution in [0.15, 0.2) is 0 Å². The van der Waals surface area contributed by atoms with E-state index in [9.17, 15) is 9.59 Å². The summed E-state index contributed by atoms with van der Waals surface area (Å²) < 4.78 is 0. The summed E-state index contributed by atoms with van der Waals surface area (Å²) in [6.07, 6.45) is 6.03. The predicted molar refractivity (Wildman–Crippen MR) is 51.9 cm³/mol. The molecular formula is C10H17NO3. The Hall–Kier alpha value is -1.06. The van der Waals surface area contributed by atoms with Gasteiger partial charge in [-0.1, -0.05) is 25.7 Å². The van der Waals surface area contributed by atoms with Gasteiger partial charge in [0.25, 0.3) is 0 Å². The maximum Gasteiger partial charge on any atom is 0.326 e. The normalized spacial score (nSPS) is 25.1. The number of amides is 1. The van der Waals surface area contributed by atoms with Gasteiger partial charge in [-0.2, -0.15) is 0 Å². The number of nitrogens with one attached hydrogen (secondary N) is 1. The average Bonchev–Trinajstić information content (AvgIpc) is 2.15. The number of carboxylic acids is 1. The second kappa shape index (κ2) is 5.62. The van der Waals surface area contributed by atoms with Crippen molar-refractivity contribution in [3.05, 3.63) is 0 Å². The lowest BCUT2D eigenvalue weighted by atomic mass is 10.0. The second-order valence-electron chi connectivity index (χ2n) is 3.76. The first-order chi connectivity index (χ1) is 6.70. The fraction of sp³-hybridized carbons (Fsp3) is 0.800. The molecule has 0 bridgehead atoms. The number of aliphatic carboxylic acids is 1. The average molecular weight is 199 g/mol. The van der Waals surface area contributed by atoms with E-state index in [4.69, 9.17) is 5.11 Å². The van der Waals surface area contributed by atoms with Crippen LogP contribution in [0.2, 0.25) is 0 Å². The molecule has 4 nitrogen and oxygen atoms in total. The minimum Gasteiger partial charge on any atom is -0.480 e. The van der Waals surface area contributed by atoms with Crippen LogP contribution in [0.3, 0.4) is 0 Å². The van der Waals surface area contributed by atoms with E-state index in [1.807, 2.05) is 0 Å². The molecule has 1 amide bonds. The van der Waals surface area contributed by atoms with E-state index < -0.39 is 12.0 Å². The van der Waals surface area contributed by atoms with Gasteiger partial charge < -0.3 is 10.4 Å². The molecule has 1 saturated heterocycles. The van der Waals surface area contributed by atoms with E-state index in [1.165, 1.54) is 0 Å². The molecule has 0 saturated carbocycles. The molecule has 4 heteroatoms. The van der Waals surface area contributed by atoms with Crippen LogP contribution in [0, 0.1) is 0 Å². The van der Waals surface area contributed by atoms with Crippen molar-refractivity contribution in [3.8, 4) is 0 Å². The van der Waals surface area contributed by atoms with Crippen LogP contribution in [-0.4, -0.2) is 23.0 Å². The van der Waals surface area contributed by atoms with Crippen LogP contribution >= 0.6 is 0 Å². The Kier molecular flexibility index (Phi) is 4.43. The molecule has 1 aliphatic heterocycles. The SMILES string of the molecule is O=C1CCCCCCCC(C(=O)O)N1. The maximum absolute atomic E-state index is 11.2. The van der Waals surface area contributed by atoms with E-state index >= 15 is 0 Å². The van der Waals surface area contributed by atoms with Crippen molar-refractivity contribution in [1.29, 1.82) is 0 Å². The number of carboxylic acid groups (broad SMARTS) is 1. The summed E-state index contributed by atoms with van der Waals surface area (Å²) in [6.45, 7) is 0. The molecule has 0 aromatic heterocycles. The summed E-state index contributed by atoms with van der Waals surface area (Å²) >= 11 is 0. The summed E-state index contributed by atoms with van der Waals surface area (Å²) in [6, 6.07) is -0.680. The van der Waals surface area contributed by atoms with Crippen molar-refractivity contribution >= 4 is 11.9 Å². The molecule has 1 unspecified atom stereocenters. The Labute approximate surface area is 83.7 Å². The Morgan fingerprint density at radius 3 is 2.57 bits per heavy atom. The third-order valence-electron chi connectivity index (χ3n) is 2.53. The van der Waals surface area contributed by atoms with Gasteiger partial charge in [0.1, 0.15) is 6.04 Å². The fourth-order valence-electron chi connectivity index (χ4n) is 1.69. The van der Waals surface area contributed by atoms with Crippen LogP contribution in [-0.2, 0) is 9.59 Å². The number of rotatable bonds is 1. The Morgan fingerprint density at radius 2 is 1.86 bits per heavy atom. The summed E-state index contributed by atoms with van der Waals surface area (Å²) in [7, 11) is 0. The Balaban J connectivity index is 2.47. The molecule has 2 N–H and O–H groups in total. The summed E-state index contributed by atoms with van der Waals surface area (Å²) in [5.41, 5.74) is 0.